The van der Waals surface area contributed by atoms with Crippen molar-refractivity contribution < 1.29 is 14.7 Å². The monoisotopic (exact) mass is 263 g/mol. The van der Waals surface area contributed by atoms with E-state index >= 15 is 0 Å². The second-order valence-electron chi connectivity index (χ2n) is 5.66. The predicted octanol–water partition coefficient (Wildman–Crippen LogP) is 2.38. The Hall–Kier alpha value is -1.39. The van der Waals surface area contributed by atoms with Gasteiger partial charge in [-0.25, -0.2) is 4.79 Å². The third kappa shape index (κ3) is 3.55. The van der Waals surface area contributed by atoms with E-state index in [-0.39, 0.29) is 11.5 Å². The SMILES string of the molecule is CC1(C)CCCC(O)CN1OC(=O)c1ccccc1. The summed E-state index contributed by atoms with van der Waals surface area (Å²) >= 11 is 0. The summed E-state index contributed by atoms with van der Waals surface area (Å²) in [6.07, 6.45) is 2.15. The lowest BCUT2D eigenvalue weighted by molar-refractivity contribution is -0.177. The molecule has 1 aromatic rings. The number of benzene rings is 1. The fourth-order valence-electron chi connectivity index (χ4n) is 2.31. The number of aliphatic hydroxyl groups is 1. The van der Waals surface area contributed by atoms with Crippen LogP contribution in [0.2, 0.25) is 0 Å². The number of aliphatic hydroxyl groups excluding tert-OH is 1. The van der Waals surface area contributed by atoms with Gasteiger partial charge in [0.1, 0.15) is 0 Å². The third-order valence-corrected chi connectivity index (χ3v) is 3.58. The first-order valence-corrected chi connectivity index (χ1v) is 6.72. The molecule has 1 saturated heterocycles. The molecule has 0 radical (unpaired) electrons. The first-order chi connectivity index (χ1) is 8.99. The maximum atomic E-state index is 12.1. The molecule has 4 heteroatoms. The summed E-state index contributed by atoms with van der Waals surface area (Å²) < 4.78 is 0. The molecule has 0 amide bonds. The lowest BCUT2D eigenvalue weighted by Gasteiger charge is -2.35. The van der Waals surface area contributed by atoms with Crippen molar-refractivity contribution in [3.05, 3.63) is 35.9 Å². The predicted molar refractivity (Wildman–Crippen MR) is 72.5 cm³/mol. The van der Waals surface area contributed by atoms with Gasteiger partial charge in [0.25, 0.3) is 0 Å². The van der Waals surface area contributed by atoms with Gasteiger partial charge in [0.05, 0.1) is 23.8 Å². The molecular weight excluding hydrogens is 242 g/mol. The summed E-state index contributed by atoms with van der Waals surface area (Å²) in [7, 11) is 0. The highest BCUT2D eigenvalue weighted by Crippen LogP contribution is 2.27. The van der Waals surface area contributed by atoms with E-state index in [4.69, 9.17) is 4.84 Å². The number of β-amino-alcohol motifs (C(OH)–C–C–N with tert-alkyl or cyclic N) is 1. The van der Waals surface area contributed by atoms with Crippen LogP contribution >= 0.6 is 0 Å². The number of carbonyl (C=O) groups is 1. The molecule has 1 N–H and O–H groups in total. The molecule has 4 nitrogen and oxygen atoms in total. The zero-order chi connectivity index (χ0) is 13.9. The smallest absolute Gasteiger partial charge is 0.357 e. The topological polar surface area (TPSA) is 49.8 Å². The van der Waals surface area contributed by atoms with E-state index in [9.17, 15) is 9.90 Å². The highest BCUT2D eigenvalue weighted by molar-refractivity contribution is 5.89. The highest BCUT2D eigenvalue weighted by atomic mass is 16.7. The molecule has 1 aliphatic rings. The van der Waals surface area contributed by atoms with E-state index < -0.39 is 6.10 Å². The van der Waals surface area contributed by atoms with Crippen molar-refractivity contribution in [3.8, 4) is 0 Å². The van der Waals surface area contributed by atoms with E-state index in [0.29, 0.717) is 12.1 Å². The zero-order valence-corrected chi connectivity index (χ0v) is 11.5. The van der Waals surface area contributed by atoms with Crippen LogP contribution in [0.4, 0.5) is 0 Å². The molecular formula is C15H21NO3. The van der Waals surface area contributed by atoms with Gasteiger partial charge in [-0.05, 0) is 45.2 Å². The van der Waals surface area contributed by atoms with Gasteiger partial charge < -0.3 is 9.94 Å². The maximum Gasteiger partial charge on any atom is 0.357 e. The van der Waals surface area contributed by atoms with Crippen LogP contribution in [0.5, 0.6) is 0 Å². The standard InChI is InChI=1S/C15H21NO3/c1-15(2)10-6-9-13(17)11-16(15)19-14(18)12-7-4-3-5-8-12/h3-5,7-8,13,17H,6,9-11H2,1-2H3. The number of hydrogen-bond donors (Lipinski definition) is 1. The Morgan fingerprint density at radius 2 is 2.05 bits per heavy atom. The Bertz CT molecular complexity index is 430. The number of hydroxylamine groups is 2. The van der Waals surface area contributed by atoms with Gasteiger partial charge in [-0.2, -0.15) is 0 Å². The molecule has 0 aliphatic carbocycles. The average molecular weight is 263 g/mol. The van der Waals surface area contributed by atoms with E-state index in [1.807, 2.05) is 19.9 Å². The van der Waals surface area contributed by atoms with Gasteiger partial charge in [-0.15, -0.1) is 5.06 Å². The van der Waals surface area contributed by atoms with Gasteiger partial charge in [0.15, 0.2) is 0 Å². The largest absolute Gasteiger partial charge is 0.392 e. The molecule has 1 heterocycles. The van der Waals surface area contributed by atoms with Crippen molar-refractivity contribution in [2.75, 3.05) is 6.54 Å². The molecule has 0 bridgehead atoms. The Morgan fingerprint density at radius 1 is 1.37 bits per heavy atom. The second kappa shape index (κ2) is 5.72. The van der Waals surface area contributed by atoms with Gasteiger partial charge in [0.2, 0.25) is 0 Å². The van der Waals surface area contributed by atoms with Crippen molar-refractivity contribution in [1.29, 1.82) is 0 Å². The van der Waals surface area contributed by atoms with Crippen molar-refractivity contribution >= 4 is 5.97 Å². The fraction of sp³-hybridized carbons (Fsp3) is 0.533. The molecule has 1 unspecified atom stereocenters. The third-order valence-electron chi connectivity index (χ3n) is 3.58. The first-order valence-electron chi connectivity index (χ1n) is 6.72. The molecule has 19 heavy (non-hydrogen) atoms. The summed E-state index contributed by atoms with van der Waals surface area (Å²) in [6, 6.07) is 8.92. The number of nitrogens with zero attached hydrogens (tertiary/aromatic N) is 1. The highest BCUT2D eigenvalue weighted by Gasteiger charge is 2.34. The first kappa shape index (κ1) is 14.0. The van der Waals surface area contributed by atoms with Crippen LogP contribution in [0.15, 0.2) is 30.3 Å². The van der Waals surface area contributed by atoms with Crippen molar-refractivity contribution in [2.45, 2.75) is 44.8 Å². The second-order valence-corrected chi connectivity index (χ2v) is 5.66. The summed E-state index contributed by atoms with van der Waals surface area (Å²) in [4.78, 5) is 17.6. The van der Waals surface area contributed by atoms with Gasteiger partial charge in [-0.1, -0.05) is 18.2 Å². The lowest BCUT2D eigenvalue weighted by Crippen LogP contribution is -2.46. The summed E-state index contributed by atoms with van der Waals surface area (Å²) in [5, 5.41) is 11.5. The number of rotatable bonds is 2. The van der Waals surface area contributed by atoms with Gasteiger partial charge in [0, 0.05) is 0 Å². The Labute approximate surface area is 113 Å². The lowest BCUT2D eigenvalue weighted by atomic mass is 9.99. The molecule has 0 spiro atoms. The van der Waals surface area contributed by atoms with Crippen LogP contribution in [-0.2, 0) is 4.84 Å². The van der Waals surface area contributed by atoms with Crippen molar-refractivity contribution in [2.24, 2.45) is 0 Å². The number of hydrogen-bond acceptors (Lipinski definition) is 4. The van der Waals surface area contributed by atoms with Crippen LogP contribution in [0, 0.1) is 0 Å². The van der Waals surface area contributed by atoms with E-state index in [1.54, 1.807) is 29.3 Å². The van der Waals surface area contributed by atoms with Crippen LogP contribution in [0.1, 0.15) is 43.5 Å². The minimum absolute atomic E-state index is 0.248. The van der Waals surface area contributed by atoms with E-state index in [0.717, 1.165) is 19.3 Å². The Balaban J connectivity index is 2.09. The van der Waals surface area contributed by atoms with E-state index in [2.05, 4.69) is 0 Å². The van der Waals surface area contributed by atoms with Crippen LogP contribution in [0.3, 0.4) is 0 Å². The summed E-state index contributed by atoms with van der Waals surface area (Å²) in [5.41, 5.74) is 0.277. The zero-order valence-electron chi connectivity index (χ0n) is 11.5. The Morgan fingerprint density at radius 3 is 2.74 bits per heavy atom. The molecule has 2 rings (SSSR count). The van der Waals surface area contributed by atoms with Crippen LogP contribution in [0.25, 0.3) is 0 Å². The normalized spacial score (nSPS) is 23.6. The molecule has 1 aliphatic heterocycles. The molecule has 0 saturated carbocycles. The summed E-state index contributed by atoms with van der Waals surface area (Å²) in [6.45, 7) is 4.43. The van der Waals surface area contributed by atoms with Gasteiger partial charge in [-0.3, -0.25) is 0 Å². The number of carbonyl (C=O) groups excluding carboxylic acids is 1. The maximum absolute atomic E-state index is 12.1. The van der Waals surface area contributed by atoms with Crippen molar-refractivity contribution in [3.63, 3.8) is 0 Å². The minimum Gasteiger partial charge on any atom is -0.392 e. The quantitative estimate of drug-likeness (QED) is 0.890. The molecule has 1 atom stereocenters. The molecule has 0 aromatic heterocycles. The van der Waals surface area contributed by atoms with Crippen molar-refractivity contribution in [1.82, 2.24) is 5.06 Å². The minimum atomic E-state index is -0.439. The van der Waals surface area contributed by atoms with E-state index in [1.165, 1.54) is 0 Å². The van der Waals surface area contributed by atoms with Crippen LogP contribution in [-0.4, -0.2) is 34.3 Å². The van der Waals surface area contributed by atoms with Gasteiger partial charge >= 0.3 is 5.97 Å². The van der Waals surface area contributed by atoms with Crippen LogP contribution < -0.4 is 0 Å². The summed E-state index contributed by atoms with van der Waals surface area (Å²) in [5.74, 6) is -0.372. The molecule has 104 valence electrons. The Kier molecular flexibility index (Phi) is 4.22. The fourth-order valence-corrected chi connectivity index (χ4v) is 2.31. The average Bonchev–Trinajstić information content (AvgIpc) is 2.50. The molecule has 1 fully saturated rings. The molecule has 1 aromatic carbocycles.